The van der Waals surface area contributed by atoms with Gasteiger partial charge in [0, 0.05) is 31.3 Å². The highest BCUT2D eigenvalue weighted by atomic mass is 19.1. The van der Waals surface area contributed by atoms with Gasteiger partial charge in [-0.2, -0.15) is 15.0 Å². The Labute approximate surface area is 133 Å². The van der Waals surface area contributed by atoms with Crippen molar-refractivity contribution in [2.75, 3.05) is 19.7 Å². The molecule has 0 saturated carbocycles. The van der Waals surface area contributed by atoms with Gasteiger partial charge in [-0.1, -0.05) is 6.07 Å². The van der Waals surface area contributed by atoms with Gasteiger partial charge in [0.1, 0.15) is 11.6 Å². The van der Waals surface area contributed by atoms with Gasteiger partial charge in [0.15, 0.2) is 0 Å². The molecule has 1 unspecified atom stereocenters. The van der Waals surface area contributed by atoms with Crippen molar-refractivity contribution in [1.82, 2.24) is 19.9 Å². The predicted molar refractivity (Wildman–Crippen MR) is 80.8 cm³/mol. The van der Waals surface area contributed by atoms with Gasteiger partial charge < -0.3 is 4.74 Å². The second-order valence-electron chi connectivity index (χ2n) is 5.68. The maximum atomic E-state index is 13.9. The lowest BCUT2D eigenvalue weighted by Crippen LogP contribution is -2.38. The number of morpholine rings is 1. The van der Waals surface area contributed by atoms with Crippen molar-refractivity contribution >= 4 is 0 Å². The highest BCUT2D eigenvalue weighted by Crippen LogP contribution is 2.26. The first-order chi connectivity index (χ1) is 11.1. The second-order valence-corrected chi connectivity index (χ2v) is 5.68. The molecule has 0 N–H and O–H groups in total. The molecule has 2 aromatic rings. The van der Waals surface area contributed by atoms with Crippen LogP contribution < -0.4 is 0 Å². The van der Waals surface area contributed by atoms with E-state index in [9.17, 15) is 8.78 Å². The Morgan fingerprint density at radius 3 is 2.83 bits per heavy atom. The van der Waals surface area contributed by atoms with Crippen molar-refractivity contribution in [3.05, 3.63) is 46.8 Å². The molecule has 124 valence electrons. The number of aryl methyl sites for hydroxylation is 2. The lowest BCUT2D eigenvalue weighted by molar-refractivity contribution is -0.0349. The zero-order chi connectivity index (χ0) is 16.4. The zero-order valence-electron chi connectivity index (χ0n) is 13.3. The van der Waals surface area contributed by atoms with E-state index in [0.717, 1.165) is 30.5 Å². The number of benzene rings is 1. The third-order valence-electron chi connectivity index (χ3n) is 4.04. The zero-order valence-corrected chi connectivity index (χ0v) is 13.3. The van der Waals surface area contributed by atoms with Crippen LogP contribution in [-0.4, -0.2) is 39.6 Å². The van der Waals surface area contributed by atoms with Crippen LogP contribution in [-0.2, 0) is 17.8 Å². The Kier molecular flexibility index (Phi) is 4.68. The molecule has 1 atom stereocenters. The normalized spacial score (nSPS) is 19.2. The summed E-state index contributed by atoms with van der Waals surface area (Å²) in [7, 11) is 0. The monoisotopic (exact) mass is 322 g/mol. The van der Waals surface area contributed by atoms with Gasteiger partial charge in [-0.15, -0.1) is 0 Å². The van der Waals surface area contributed by atoms with Gasteiger partial charge >= 0.3 is 0 Å². The van der Waals surface area contributed by atoms with E-state index in [4.69, 9.17) is 4.74 Å². The first kappa shape index (κ1) is 16.0. The Bertz CT molecular complexity index is 689. The SMILES string of the molecule is CCn1nc(C)c(CN2CCOC(c3ccc(F)cc3F)C2)n1. The number of hydrogen-bond donors (Lipinski definition) is 0. The fourth-order valence-electron chi connectivity index (χ4n) is 2.76. The van der Waals surface area contributed by atoms with E-state index in [0.29, 0.717) is 25.3 Å². The third-order valence-corrected chi connectivity index (χ3v) is 4.04. The predicted octanol–water partition coefficient (Wildman–Crippen LogP) is 2.46. The van der Waals surface area contributed by atoms with Crippen molar-refractivity contribution in [2.24, 2.45) is 0 Å². The fraction of sp³-hybridized carbons (Fsp3) is 0.500. The van der Waals surface area contributed by atoms with Crippen LogP contribution in [0.3, 0.4) is 0 Å². The standard InChI is InChI=1S/C16H20F2N4O/c1-3-22-19-11(2)15(20-22)9-21-6-7-23-16(10-21)13-5-4-12(17)8-14(13)18/h4-5,8,16H,3,6-7,9-10H2,1-2H3. The minimum Gasteiger partial charge on any atom is -0.371 e. The Hall–Kier alpha value is -1.86. The molecular formula is C16H20F2N4O. The molecule has 2 heterocycles. The molecule has 7 heteroatoms. The molecule has 1 aliphatic rings. The third kappa shape index (κ3) is 3.56. The molecule has 1 aromatic heterocycles. The number of hydrogen-bond acceptors (Lipinski definition) is 4. The average molecular weight is 322 g/mol. The van der Waals surface area contributed by atoms with Gasteiger partial charge in [0.05, 0.1) is 30.6 Å². The molecule has 0 spiro atoms. The Balaban J connectivity index is 1.71. The van der Waals surface area contributed by atoms with Gasteiger partial charge in [-0.3, -0.25) is 4.90 Å². The van der Waals surface area contributed by atoms with Crippen LogP contribution in [0.2, 0.25) is 0 Å². The number of aromatic nitrogens is 3. The van der Waals surface area contributed by atoms with Crippen molar-refractivity contribution in [3.8, 4) is 0 Å². The minimum absolute atomic E-state index is 0.394. The molecule has 5 nitrogen and oxygen atoms in total. The van der Waals surface area contributed by atoms with Crippen LogP contribution in [0.5, 0.6) is 0 Å². The summed E-state index contributed by atoms with van der Waals surface area (Å²) in [5.74, 6) is -1.14. The van der Waals surface area contributed by atoms with E-state index < -0.39 is 17.7 Å². The van der Waals surface area contributed by atoms with Crippen molar-refractivity contribution < 1.29 is 13.5 Å². The molecule has 0 amide bonds. The lowest BCUT2D eigenvalue weighted by atomic mass is 10.1. The quantitative estimate of drug-likeness (QED) is 0.867. The molecule has 1 fully saturated rings. The summed E-state index contributed by atoms with van der Waals surface area (Å²) in [6, 6.07) is 3.61. The molecule has 1 aliphatic heterocycles. The Morgan fingerprint density at radius 1 is 1.30 bits per heavy atom. The molecule has 1 aromatic carbocycles. The van der Waals surface area contributed by atoms with Crippen LogP contribution in [0.25, 0.3) is 0 Å². The molecule has 3 rings (SSSR count). The molecule has 0 aliphatic carbocycles. The van der Waals surface area contributed by atoms with Crippen molar-refractivity contribution in [2.45, 2.75) is 33.0 Å². The first-order valence-corrected chi connectivity index (χ1v) is 7.76. The van der Waals surface area contributed by atoms with E-state index in [1.165, 1.54) is 12.1 Å². The highest BCUT2D eigenvalue weighted by Gasteiger charge is 2.25. The Morgan fingerprint density at radius 2 is 2.13 bits per heavy atom. The van der Waals surface area contributed by atoms with Crippen LogP contribution >= 0.6 is 0 Å². The number of nitrogens with zero attached hydrogens (tertiary/aromatic N) is 4. The highest BCUT2D eigenvalue weighted by molar-refractivity contribution is 5.22. The molecule has 23 heavy (non-hydrogen) atoms. The number of rotatable bonds is 4. The summed E-state index contributed by atoms with van der Waals surface area (Å²) in [6.07, 6.45) is -0.397. The van der Waals surface area contributed by atoms with Gasteiger partial charge in [0.25, 0.3) is 0 Å². The maximum Gasteiger partial charge on any atom is 0.131 e. The summed E-state index contributed by atoms with van der Waals surface area (Å²) in [4.78, 5) is 3.83. The van der Waals surface area contributed by atoms with Crippen LogP contribution in [0.4, 0.5) is 8.78 Å². The minimum atomic E-state index is -0.578. The topological polar surface area (TPSA) is 43.2 Å². The van der Waals surface area contributed by atoms with Gasteiger partial charge in [-0.05, 0) is 19.9 Å². The summed E-state index contributed by atoms with van der Waals surface area (Å²) < 4.78 is 32.7. The van der Waals surface area contributed by atoms with E-state index in [-0.39, 0.29) is 0 Å². The molecule has 1 saturated heterocycles. The first-order valence-electron chi connectivity index (χ1n) is 7.76. The maximum absolute atomic E-state index is 13.9. The van der Waals surface area contributed by atoms with E-state index >= 15 is 0 Å². The summed E-state index contributed by atoms with van der Waals surface area (Å²) in [5, 5.41) is 8.79. The fourth-order valence-corrected chi connectivity index (χ4v) is 2.76. The number of ether oxygens (including phenoxy) is 1. The van der Waals surface area contributed by atoms with Crippen molar-refractivity contribution in [1.29, 1.82) is 0 Å². The smallest absolute Gasteiger partial charge is 0.131 e. The average Bonchev–Trinajstić information content (AvgIpc) is 2.88. The van der Waals surface area contributed by atoms with Gasteiger partial charge in [-0.25, -0.2) is 8.78 Å². The molecular weight excluding hydrogens is 302 g/mol. The summed E-state index contributed by atoms with van der Waals surface area (Å²) in [6.45, 7) is 7.10. The van der Waals surface area contributed by atoms with Crippen LogP contribution in [0, 0.1) is 18.6 Å². The van der Waals surface area contributed by atoms with Crippen LogP contribution in [0.1, 0.15) is 30.0 Å². The molecule has 0 bridgehead atoms. The lowest BCUT2D eigenvalue weighted by Gasteiger charge is -2.32. The second kappa shape index (κ2) is 6.72. The number of halogens is 2. The van der Waals surface area contributed by atoms with Crippen molar-refractivity contribution in [3.63, 3.8) is 0 Å². The largest absolute Gasteiger partial charge is 0.371 e. The van der Waals surface area contributed by atoms with Gasteiger partial charge in [0.2, 0.25) is 0 Å². The molecule has 0 radical (unpaired) electrons. The van der Waals surface area contributed by atoms with Crippen LogP contribution in [0.15, 0.2) is 18.2 Å². The summed E-state index contributed by atoms with van der Waals surface area (Å²) >= 11 is 0. The van der Waals surface area contributed by atoms with E-state index in [1.807, 2.05) is 13.8 Å². The van der Waals surface area contributed by atoms with E-state index in [2.05, 4.69) is 15.1 Å². The van der Waals surface area contributed by atoms with E-state index in [1.54, 1.807) is 4.80 Å². The summed E-state index contributed by atoms with van der Waals surface area (Å²) in [5.41, 5.74) is 2.22.